The molecule has 1 atom stereocenters. The van der Waals surface area contributed by atoms with Crippen LogP contribution in [0.1, 0.15) is 30.9 Å². The van der Waals surface area contributed by atoms with Gasteiger partial charge in [0.25, 0.3) is 0 Å². The van der Waals surface area contributed by atoms with E-state index in [0.29, 0.717) is 6.04 Å². The van der Waals surface area contributed by atoms with Crippen molar-refractivity contribution in [3.63, 3.8) is 0 Å². The van der Waals surface area contributed by atoms with Crippen LogP contribution in [0.15, 0.2) is 12.1 Å². The zero-order valence-corrected chi connectivity index (χ0v) is 14.0. The summed E-state index contributed by atoms with van der Waals surface area (Å²) in [5, 5.41) is 0. The maximum Gasteiger partial charge on any atom is 0.145 e. The Labute approximate surface area is 134 Å². The Hall–Kier alpha value is -1.26. The van der Waals surface area contributed by atoms with E-state index in [4.69, 9.17) is 10.5 Å². The Morgan fingerprint density at radius 1 is 1.23 bits per heavy atom. The van der Waals surface area contributed by atoms with Crippen LogP contribution < -0.4 is 10.5 Å². The van der Waals surface area contributed by atoms with Gasteiger partial charge in [0, 0.05) is 32.2 Å². The molecule has 1 fully saturated rings. The van der Waals surface area contributed by atoms with Crippen molar-refractivity contribution < 1.29 is 4.74 Å². The molecule has 1 aliphatic heterocycles. The van der Waals surface area contributed by atoms with Gasteiger partial charge in [-0.2, -0.15) is 0 Å². The minimum atomic E-state index is 0.675. The van der Waals surface area contributed by atoms with Gasteiger partial charge in [-0.15, -0.1) is 0 Å². The third-order valence-corrected chi connectivity index (χ3v) is 5.38. The van der Waals surface area contributed by atoms with Gasteiger partial charge in [0.15, 0.2) is 0 Å². The van der Waals surface area contributed by atoms with Gasteiger partial charge in [-0.05, 0) is 49.4 Å². The first-order valence-electron chi connectivity index (χ1n) is 8.63. The largest absolute Gasteiger partial charge is 0.494 e. The normalized spacial score (nSPS) is 23.8. The van der Waals surface area contributed by atoms with Crippen LogP contribution in [0, 0.1) is 0 Å². The maximum atomic E-state index is 6.07. The molecule has 4 nitrogen and oxygen atoms in total. The standard InChI is InChI=1S/C18H29N3O/c1-3-20-9-11-21(12-10-20)15-5-4-6-16-14(13-15)7-8-17(19)18(16)22-2/h7-8,15H,3-6,9-13,19H2,1-2H3. The lowest BCUT2D eigenvalue weighted by atomic mass is 9.99. The van der Waals surface area contributed by atoms with E-state index >= 15 is 0 Å². The van der Waals surface area contributed by atoms with Crippen molar-refractivity contribution in [2.45, 2.75) is 38.6 Å². The Bertz CT molecular complexity index is 509. The molecule has 1 aromatic carbocycles. The van der Waals surface area contributed by atoms with Crippen LogP contribution in [0.2, 0.25) is 0 Å². The van der Waals surface area contributed by atoms with Crippen molar-refractivity contribution in [2.24, 2.45) is 0 Å². The van der Waals surface area contributed by atoms with Gasteiger partial charge in [0.2, 0.25) is 0 Å². The second-order valence-corrected chi connectivity index (χ2v) is 6.55. The van der Waals surface area contributed by atoms with Crippen LogP contribution in [0.3, 0.4) is 0 Å². The fraction of sp³-hybridized carbons (Fsp3) is 0.667. The number of hydrogen-bond donors (Lipinski definition) is 1. The molecule has 122 valence electrons. The lowest BCUT2D eigenvalue weighted by molar-refractivity contribution is 0.0951. The molecule has 4 heteroatoms. The molecular weight excluding hydrogens is 274 g/mol. The van der Waals surface area contributed by atoms with Crippen LogP contribution >= 0.6 is 0 Å². The molecule has 1 aromatic rings. The van der Waals surface area contributed by atoms with E-state index in [1.807, 2.05) is 6.07 Å². The summed E-state index contributed by atoms with van der Waals surface area (Å²) in [6.45, 7) is 8.28. The van der Waals surface area contributed by atoms with Crippen LogP contribution in [0.4, 0.5) is 5.69 Å². The molecule has 1 heterocycles. The third-order valence-electron chi connectivity index (χ3n) is 5.38. The average Bonchev–Trinajstić information content (AvgIpc) is 2.77. The first kappa shape index (κ1) is 15.6. The van der Waals surface area contributed by atoms with Gasteiger partial charge in [0.05, 0.1) is 12.8 Å². The van der Waals surface area contributed by atoms with E-state index in [1.54, 1.807) is 7.11 Å². The van der Waals surface area contributed by atoms with Gasteiger partial charge in [-0.1, -0.05) is 13.0 Å². The quantitative estimate of drug-likeness (QED) is 0.686. The molecule has 1 unspecified atom stereocenters. The summed E-state index contributed by atoms with van der Waals surface area (Å²) in [5.41, 5.74) is 9.63. The van der Waals surface area contributed by atoms with Crippen LogP contribution in [0.25, 0.3) is 0 Å². The number of likely N-dealkylation sites (N-methyl/N-ethyl adjacent to an activating group) is 1. The van der Waals surface area contributed by atoms with Crippen LogP contribution in [-0.2, 0) is 12.8 Å². The Balaban J connectivity index is 1.75. The number of ether oxygens (including phenoxy) is 1. The summed E-state index contributed by atoms with van der Waals surface area (Å²) >= 11 is 0. The topological polar surface area (TPSA) is 41.7 Å². The number of hydrogen-bond acceptors (Lipinski definition) is 4. The third kappa shape index (κ3) is 3.08. The van der Waals surface area contributed by atoms with Gasteiger partial charge in [-0.25, -0.2) is 0 Å². The highest BCUT2D eigenvalue weighted by atomic mass is 16.5. The molecule has 3 rings (SSSR count). The van der Waals surface area contributed by atoms with E-state index < -0.39 is 0 Å². The number of fused-ring (bicyclic) bond motifs is 1. The fourth-order valence-corrected chi connectivity index (χ4v) is 4.02. The number of piperazine rings is 1. The van der Waals surface area contributed by atoms with Crippen molar-refractivity contribution >= 4 is 5.69 Å². The van der Waals surface area contributed by atoms with E-state index in [1.165, 1.54) is 56.7 Å². The van der Waals surface area contributed by atoms with Crippen LogP contribution in [0.5, 0.6) is 5.75 Å². The molecule has 2 aliphatic rings. The van der Waals surface area contributed by atoms with Gasteiger partial charge < -0.3 is 15.4 Å². The number of nitrogen functional groups attached to an aromatic ring is 1. The fourth-order valence-electron chi connectivity index (χ4n) is 4.02. The molecule has 1 saturated heterocycles. The second kappa shape index (κ2) is 6.88. The molecule has 2 N–H and O–H groups in total. The summed E-state index contributed by atoms with van der Waals surface area (Å²) < 4.78 is 5.56. The molecule has 0 spiro atoms. The summed E-state index contributed by atoms with van der Waals surface area (Å²) in [5.74, 6) is 0.911. The highest BCUT2D eigenvalue weighted by Crippen LogP contribution is 2.34. The smallest absolute Gasteiger partial charge is 0.145 e. The van der Waals surface area contributed by atoms with Gasteiger partial charge in [-0.3, -0.25) is 4.90 Å². The predicted octanol–water partition coefficient (Wildman–Crippen LogP) is 2.16. The van der Waals surface area contributed by atoms with Crippen LogP contribution in [-0.4, -0.2) is 55.7 Å². The molecule has 0 saturated carbocycles. The number of anilines is 1. The van der Waals surface area contributed by atoms with E-state index in [-0.39, 0.29) is 0 Å². The van der Waals surface area contributed by atoms with Crippen molar-refractivity contribution in [3.8, 4) is 5.75 Å². The minimum absolute atomic E-state index is 0.675. The van der Waals surface area contributed by atoms with Crippen molar-refractivity contribution in [3.05, 3.63) is 23.3 Å². The Morgan fingerprint density at radius 3 is 2.68 bits per heavy atom. The zero-order chi connectivity index (χ0) is 15.5. The number of nitrogens with zero attached hydrogens (tertiary/aromatic N) is 2. The molecular formula is C18H29N3O. The second-order valence-electron chi connectivity index (χ2n) is 6.55. The van der Waals surface area contributed by atoms with Crippen molar-refractivity contribution in [1.29, 1.82) is 0 Å². The maximum absolute atomic E-state index is 6.07. The Kier molecular flexibility index (Phi) is 4.89. The lowest BCUT2D eigenvalue weighted by Gasteiger charge is -2.39. The molecule has 0 radical (unpaired) electrons. The molecule has 22 heavy (non-hydrogen) atoms. The molecule has 0 amide bonds. The highest BCUT2D eigenvalue weighted by Gasteiger charge is 2.27. The van der Waals surface area contributed by atoms with Crippen molar-refractivity contribution in [2.75, 3.05) is 45.6 Å². The number of nitrogens with two attached hydrogens (primary N) is 1. The molecule has 0 aromatic heterocycles. The summed E-state index contributed by atoms with van der Waals surface area (Å²) in [4.78, 5) is 5.25. The first-order valence-corrected chi connectivity index (χ1v) is 8.63. The van der Waals surface area contributed by atoms with Crippen molar-refractivity contribution in [1.82, 2.24) is 9.80 Å². The monoisotopic (exact) mass is 303 g/mol. The predicted molar refractivity (Wildman–Crippen MR) is 91.5 cm³/mol. The number of rotatable bonds is 3. The minimum Gasteiger partial charge on any atom is -0.494 e. The number of methoxy groups -OCH3 is 1. The first-order chi connectivity index (χ1) is 10.7. The zero-order valence-electron chi connectivity index (χ0n) is 14.0. The van der Waals surface area contributed by atoms with E-state index in [9.17, 15) is 0 Å². The number of benzene rings is 1. The van der Waals surface area contributed by atoms with E-state index in [2.05, 4.69) is 22.8 Å². The molecule has 1 aliphatic carbocycles. The average molecular weight is 303 g/mol. The van der Waals surface area contributed by atoms with Gasteiger partial charge >= 0.3 is 0 Å². The SMILES string of the molecule is CCN1CCN(C2CCCc3c(ccc(N)c3OC)C2)CC1. The highest BCUT2D eigenvalue weighted by molar-refractivity contribution is 5.60. The Morgan fingerprint density at radius 2 is 2.00 bits per heavy atom. The summed E-state index contributed by atoms with van der Waals surface area (Å²) in [6, 6.07) is 4.90. The van der Waals surface area contributed by atoms with E-state index in [0.717, 1.165) is 24.3 Å². The van der Waals surface area contributed by atoms with Gasteiger partial charge in [0.1, 0.15) is 5.75 Å². The molecule has 0 bridgehead atoms. The summed E-state index contributed by atoms with van der Waals surface area (Å²) in [7, 11) is 1.73. The lowest BCUT2D eigenvalue weighted by Crippen LogP contribution is -2.50. The summed E-state index contributed by atoms with van der Waals surface area (Å²) in [6.07, 6.45) is 4.74.